The topological polar surface area (TPSA) is 41.7 Å². The smallest absolute Gasteiger partial charge is 0.238 e. The van der Waals surface area contributed by atoms with Gasteiger partial charge in [0.15, 0.2) is 5.69 Å². The monoisotopic (exact) mass is 250 g/mol. The second kappa shape index (κ2) is 4.86. The summed E-state index contributed by atoms with van der Waals surface area (Å²) in [6, 6.07) is 6.11. The molecule has 1 aromatic carbocycles. The highest BCUT2D eigenvalue weighted by atomic mass is 32.2. The molecule has 17 heavy (non-hydrogen) atoms. The second-order valence-corrected chi connectivity index (χ2v) is 6.01. The first-order chi connectivity index (χ1) is 8.14. The number of nitrogens with zero attached hydrogens (tertiary/aromatic N) is 2. The Bertz CT molecular complexity index is 523. The van der Waals surface area contributed by atoms with Crippen LogP contribution in [0.4, 0.5) is 5.69 Å². The van der Waals surface area contributed by atoms with Gasteiger partial charge in [-0.1, -0.05) is 30.7 Å². The first-order valence-electron chi connectivity index (χ1n) is 5.62. The quantitative estimate of drug-likeness (QED) is 0.756. The molecule has 0 saturated carbocycles. The number of sulfonamides is 1. The Morgan fingerprint density at radius 1 is 1.06 bits per heavy atom. The Hall–Kier alpha value is -1.38. The van der Waals surface area contributed by atoms with Crippen LogP contribution < -0.4 is 0 Å². The Morgan fingerprint density at radius 3 is 2.18 bits per heavy atom. The number of hydrogen-bond donors (Lipinski definition) is 0. The van der Waals surface area contributed by atoms with Crippen LogP contribution in [0.2, 0.25) is 0 Å². The Balaban J connectivity index is 2.27. The van der Waals surface area contributed by atoms with Crippen LogP contribution in [0.15, 0.2) is 29.2 Å². The van der Waals surface area contributed by atoms with Crippen molar-refractivity contribution < 1.29 is 8.42 Å². The molecule has 1 heterocycles. The summed E-state index contributed by atoms with van der Waals surface area (Å²) in [5.74, 6) is 0. The van der Waals surface area contributed by atoms with Crippen LogP contribution in [-0.2, 0) is 10.0 Å². The first kappa shape index (κ1) is 12.1. The van der Waals surface area contributed by atoms with Crippen molar-refractivity contribution in [1.82, 2.24) is 4.31 Å². The summed E-state index contributed by atoms with van der Waals surface area (Å²) in [5, 5.41) is 0. The molecule has 1 saturated heterocycles. The van der Waals surface area contributed by atoms with Crippen LogP contribution in [0.5, 0.6) is 0 Å². The van der Waals surface area contributed by atoms with E-state index in [0.29, 0.717) is 18.8 Å². The van der Waals surface area contributed by atoms with E-state index in [9.17, 15) is 8.42 Å². The molecule has 0 aliphatic carbocycles. The van der Waals surface area contributed by atoms with Gasteiger partial charge in [-0.2, -0.15) is 4.31 Å². The zero-order valence-corrected chi connectivity index (χ0v) is 10.3. The van der Waals surface area contributed by atoms with E-state index >= 15 is 0 Å². The summed E-state index contributed by atoms with van der Waals surface area (Å²) in [6.07, 6.45) is 2.96. The third kappa shape index (κ3) is 2.48. The predicted molar refractivity (Wildman–Crippen MR) is 65.3 cm³/mol. The van der Waals surface area contributed by atoms with E-state index in [1.54, 1.807) is 12.1 Å². The number of piperidine rings is 1. The summed E-state index contributed by atoms with van der Waals surface area (Å²) in [5.41, 5.74) is 0.461. The maximum absolute atomic E-state index is 12.2. The molecule has 4 nitrogen and oxygen atoms in total. The van der Waals surface area contributed by atoms with E-state index in [2.05, 4.69) is 4.85 Å². The van der Waals surface area contributed by atoms with Crippen molar-refractivity contribution in [2.45, 2.75) is 24.2 Å². The van der Waals surface area contributed by atoms with E-state index in [1.165, 1.54) is 16.4 Å². The van der Waals surface area contributed by atoms with Crippen molar-refractivity contribution in [2.75, 3.05) is 13.1 Å². The Labute approximate surface area is 102 Å². The lowest BCUT2D eigenvalue weighted by atomic mass is 10.2. The summed E-state index contributed by atoms with van der Waals surface area (Å²) in [7, 11) is -3.36. The van der Waals surface area contributed by atoms with Gasteiger partial charge in [0.25, 0.3) is 0 Å². The first-order valence-corrected chi connectivity index (χ1v) is 7.06. The summed E-state index contributed by atoms with van der Waals surface area (Å²) in [4.78, 5) is 3.53. The predicted octanol–water partition coefficient (Wildman–Crippen LogP) is 2.41. The van der Waals surface area contributed by atoms with E-state index in [-0.39, 0.29) is 4.90 Å². The molecule has 0 N–H and O–H groups in total. The molecule has 0 spiro atoms. The zero-order chi connectivity index (χ0) is 12.3. The third-order valence-electron chi connectivity index (χ3n) is 2.92. The molecule has 0 aromatic heterocycles. The minimum Gasteiger partial charge on any atom is -0.238 e. The maximum atomic E-state index is 12.2. The molecule has 90 valence electrons. The van der Waals surface area contributed by atoms with Crippen LogP contribution >= 0.6 is 0 Å². The molecule has 1 aliphatic heterocycles. The minimum absolute atomic E-state index is 0.284. The van der Waals surface area contributed by atoms with Gasteiger partial charge in [-0.3, -0.25) is 0 Å². The number of rotatable bonds is 2. The van der Waals surface area contributed by atoms with E-state index < -0.39 is 10.0 Å². The SMILES string of the molecule is [C-]#[N+]c1ccc(S(=O)(=O)N2CCCCC2)cc1. The lowest BCUT2D eigenvalue weighted by Crippen LogP contribution is -2.35. The van der Waals surface area contributed by atoms with Crippen molar-refractivity contribution >= 4 is 15.7 Å². The fourth-order valence-corrected chi connectivity index (χ4v) is 3.46. The normalized spacial score (nSPS) is 17.6. The van der Waals surface area contributed by atoms with Crippen molar-refractivity contribution in [3.8, 4) is 0 Å². The van der Waals surface area contributed by atoms with Crippen LogP contribution in [0.25, 0.3) is 4.85 Å². The van der Waals surface area contributed by atoms with Gasteiger partial charge in [0, 0.05) is 13.1 Å². The summed E-state index contributed by atoms with van der Waals surface area (Å²) in [6.45, 7) is 8.04. The second-order valence-electron chi connectivity index (χ2n) is 4.07. The van der Waals surface area contributed by atoms with Gasteiger partial charge in [-0.25, -0.2) is 13.3 Å². The van der Waals surface area contributed by atoms with Gasteiger partial charge < -0.3 is 0 Å². The third-order valence-corrected chi connectivity index (χ3v) is 4.83. The zero-order valence-electron chi connectivity index (χ0n) is 9.46. The molecule has 0 amide bonds. The van der Waals surface area contributed by atoms with Crippen LogP contribution in [0, 0.1) is 6.57 Å². The Morgan fingerprint density at radius 2 is 1.65 bits per heavy atom. The molecule has 5 heteroatoms. The van der Waals surface area contributed by atoms with Gasteiger partial charge in [0.1, 0.15) is 0 Å². The lowest BCUT2D eigenvalue weighted by Gasteiger charge is -2.25. The fourth-order valence-electron chi connectivity index (χ4n) is 1.95. The lowest BCUT2D eigenvalue weighted by molar-refractivity contribution is 0.346. The maximum Gasteiger partial charge on any atom is 0.242 e. The standard InChI is InChI=1S/C12H14N2O2S/c1-13-11-5-7-12(8-6-11)17(15,16)14-9-3-2-4-10-14/h5-8H,2-4,9-10H2. The van der Waals surface area contributed by atoms with E-state index in [4.69, 9.17) is 6.57 Å². The largest absolute Gasteiger partial charge is 0.242 e. The van der Waals surface area contributed by atoms with Gasteiger partial charge >= 0.3 is 0 Å². The molecule has 2 rings (SSSR count). The number of hydrogen-bond acceptors (Lipinski definition) is 2. The van der Waals surface area contributed by atoms with Gasteiger partial charge in [0.05, 0.1) is 11.5 Å². The molecular formula is C12H14N2O2S. The molecule has 0 unspecified atom stereocenters. The fraction of sp³-hybridized carbons (Fsp3) is 0.417. The van der Waals surface area contributed by atoms with E-state index in [0.717, 1.165) is 19.3 Å². The summed E-state index contributed by atoms with van der Waals surface area (Å²) < 4.78 is 26.0. The van der Waals surface area contributed by atoms with Crippen LogP contribution in [-0.4, -0.2) is 25.8 Å². The van der Waals surface area contributed by atoms with Crippen molar-refractivity contribution in [2.24, 2.45) is 0 Å². The molecule has 1 aromatic rings. The molecule has 0 radical (unpaired) electrons. The summed E-state index contributed by atoms with van der Waals surface area (Å²) >= 11 is 0. The molecule has 0 atom stereocenters. The van der Waals surface area contributed by atoms with Crippen molar-refractivity contribution in [1.29, 1.82) is 0 Å². The molecule has 1 aliphatic rings. The molecular weight excluding hydrogens is 236 g/mol. The Kier molecular flexibility index (Phi) is 3.46. The highest BCUT2D eigenvalue weighted by molar-refractivity contribution is 7.89. The highest BCUT2D eigenvalue weighted by Crippen LogP contribution is 2.22. The van der Waals surface area contributed by atoms with Crippen LogP contribution in [0.1, 0.15) is 19.3 Å². The average Bonchev–Trinajstić information content (AvgIpc) is 2.40. The van der Waals surface area contributed by atoms with Crippen LogP contribution in [0.3, 0.4) is 0 Å². The highest BCUT2D eigenvalue weighted by Gasteiger charge is 2.25. The van der Waals surface area contributed by atoms with Crippen molar-refractivity contribution in [3.63, 3.8) is 0 Å². The number of benzene rings is 1. The van der Waals surface area contributed by atoms with Crippen molar-refractivity contribution in [3.05, 3.63) is 35.7 Å². The molecule has 1 fully saturated rings. The van der Waals surface area contributed by atoms with E-state index in [1.807, 2.05) is 0 Å². The van der Waals surface area contributed by atoms with Gasteiger partial charge in [0.2, 0.25) is 10.0 Å². The average molecular weight is 250 g/mol. The van der Waals surface area contributed by atoms with Gasteiger partial charge in [-0.15, -0.1) is 0 Å². The minimum atomic E-state index is -3.36. The van der Waals surface area contributed by atoms with Gasteiger partial charge in [-0.05, 0) is 12.8 Å². The molecule has 0 bridgehead atoms.